The van der Waals surface area contributed by atoms with E-state index in [1.165, 1.54) is 0 Å². The zero-order valence-corrected chi connectivity index (χ0v) is 13.1. The Labute approximate surface area is 126 Å². The van der Waals surface area contributed by atoms with E-state index in [-0.39, 0.29) is 11.9 Å². The number of rotatable bonds is 8. The number of carbonyl (C=O) groups is 1. The summed E-state index contributed by atoms with van der Waals surface area (Å²) < 4.78 is 5.74. The molecule has 0 spiro atoms. The van der Waals surface area contributed by atoms with Gasteiger partial charge in [-0.25, -0.2) is 0 Å². The van der Waals surface area contributed by atoms with E-state index in [2.05, 4.69) is 16.9 Å². The van der Waals surface area contributed by atoms with Crippen LogP contribution >= 0.6 is 0 Å². The number of aromatic nitrogens is 1. The van der Waals surface area contributed by atoms with Crippen molar-refractivity contribution in [2.45, 2.75) is 45.8 Å². The van der Waals surface area contributed by atoms with Crippen molar-refractivity contribution in [3.63, 3.8) is 0 Å². The maximum absolute atomic E-state index is 11.8. The smallest absolute Gasteiger partial charge is 0.261 e. The highest BCUT2D eigenvalue weighted by Crippen LogP contribution is 2.20. The predicted octanol–water partition coefficient (Wildman–Crippen LogP) is 1.74. The minimum Gasteiger partial charge on any atom is -0.479 e. The Morgan fingerprint density at radius 2 is 2.29 bits per heavy atom. The Balaban J connectivity index is 2.81. The molecule has 1 amide bonds. The van der Waals surface area contributed by atoms with Gasteiger partial charge in [0.2, 0.25) is 0 Å². The molecule has 2 unspecified atom stereocenters. The quantitative estimate of drug-likeness (QED) is 0.715. The fourth-order valence-corrected chi connectivity index (χ4v) is 1.80. The van der Waals surface area contributed by atoms with Gasteiger partial charge in [0.1, 0.15) is 5.75 Å². The van der Waals surface area contributed by atoms with E-state index in [9.17, 15) is 4.79 Å². The largest absolute Gasteiger partial charge is 0.479 e. The second kappa shape index (κ2) is 8.42. The lowest BCUT2D eigenvalue weighted by Crippen LogP contribution is -2.36. The van der Waals surface area contributed by atoms with Crippen molar-refractivity contribution >= 4 is 5.91 Å². The van der Waals surface area contributed by atoms with Crippen molar-refractivity contribution in [2.75, 3.05) is 6.54 Å². The number of hydrogen-bond donors (Lipinski definition) is 2. The summed E-state index contributed by atoms with van der Waals surface area (Å²) in [4.78, 5) is 16.3. The van der Waals surface area contributed by atoms with E-state index >= 15 is 0 Å². The van der Waals surface area contributed by atoms with Gasteiger partial charge in [-0.3, -0.25) is 9.78 Å². The van der Waals surface area contributed by atoms with Gasteiger partial charge in [-0.1, -0.05) is 13.0 Å². The Morgan fingerprint density at radius 3 is 2.90 bits per heavy atom. The first kappa shape index (κ1) is 17.2. The Morgan fingerprint density at radius 1 is 1.57 bits per heavy atom. The van der Waals surface area contributed by atoms with Gasteiger partial charge in [-0.05, 0) is 32.4 Å². The lowest BCUT2D eigenvalue weighted by molar-refractivity contribution is -0.127. The second-order valence-electron chi connectivity index (χ2n) is 5.06. The molecule has 2 atom stereocenters. The molecule has 0 saturated carbocycles. The maximum Gasteiger partial charge on any atom is 0.261 e. The average molecular weight is 291 g/mol. The summed E-state index contributed by atoms with van der Waals surface area (Å²) in [6, 6.07) is 3.74. The summed E-state index contributed by atoms with van der Waals surface area (Å²) in [5.74, 6) is 0.437. The summed E-state index contributed by atoms with van der Waals surface area (Å²) >= 11 is 0. The minimum atomic E-state index is -0.592. The van der Waals surface area contributed by atoms with Gasteiger partial charge >= 0.3 is 0 Å². The first-order valence-corrected chi connectivity index (χ1v) is 7.25. The molecule has 5 nitrogen and oxygen atoms in total. The fraction of sp³-hybridized carbons (Fsp3) is 0.500. The number of pyridine rings is 1. The first-order valence-electron chi connectivity index (χ1n) is 7.25. The van der Waals surface area contributed by atoms with Gasteiger partial charge in [0, 0.05) is 24.7 Å². The van der Waals surface area contributed by atoms with Crippen LogP contribution < -0.4 is 15.8 Å². The minimum absolute atomic E-state index is 0.0338. The molecule has 5 heteroatoms. The van der Waals surface area contributed by atoms with Crippen LogP contribution in [0.3, 0.4) is 0 Å². The summed E-state index contributed by atoms with van der Waals surface area (Å²) in [6.45, 7) is 9.65. The van der Waals surface area contributed by atoms with Gasteiger partial charge in [0.15, 0.2) is 6.10 Å². The fourth-order valence-electron chi connectivity index (χ4n) is 1.80. The van der Waals surface area contributed by atoms with Gasteiger partial charge < -0.3 is 15.8 Å². The molecule has 0 saturated heterocycles. The highest BCUT2D eigenvalue weighted by molar-refractivity contribution is 5.80. The number of nitrogens with two attached hydrogens (primary N) is 1. The summed E-state index contributed by atoms with van der Waals surface area (Å²) in [5, 5.41) is 2.71. The van der Waals surface area contributed by atoms with Gasteiger partial charge in [-0.2, -0.15) is 0 Å². The van der Waals surface area contributed by atoms with Crippen LogP contribution in [0, 0.1) is 6.92 Å². The molecule has 0 fully saturated rings. The Kier molecular flexibility index (Phi) is 6.88. The van der Waals surface area contributed by atoms with E-state index < -0.39 is 6.10 Å². The number of hydrogen-bond acceptors (Lipinski definition) is 4. The standard InChI is InChI=1S/C16H25N3O2/c1-5-9-18-16(20)12(4)21-15-8-7-11(3)19-14(15)10-13(17)6-2/h5,7-8,12-13H,1,6,9-10,17H2,2-4H3,(H,18,20). The molecule has 116 valence electrons. The van der Waals surface area contributed by atoms with Crippen LogP contribution in [0.2, 0.25) is 0 Å². The normalized spacial score (nSPS) is 13.3. The molecule has 0 bridgehead atoms. The molecule has 21 heavy (non-hydrogen) atoms. The molecule has 0 radical (unpaired) electrons. The van der Waals surface area contributed by atoms with Crippen LogP contribution in [0.15, 0.2) is 24.8 Å². The molecule has 0 aliphatic rings. The third-order valence-corrected chi connectivity index (χ3v) is 3.15. The van der Waals surface area contributed by atoms with Gasteiger partial charge in [-0.15, -0.1) is 6.58 Å². The van der Waals surface area contributed by atoms with Gasteiger partial charge in [0.05, 0.1) is 5.69 Å². The number of nitrogens with zero attached hydrogens (tertiary/aromatic N) is 1. The number of nitrogens with one attached hydrogen (secondary N) is 1. The Hall–Kier alpha value is -1.88. The van der Waals surface area contributed by atoms with Crippen molar-refractivity contribution in [1.82, 2.24) is 10.3 Å². The first-order chi connectivity index (χ1) is 9.97. The van der Waals surface area contributed by atoms with E-state index in [0.29, 0.717) is 18.7 Å². The Bertz CT molecular complexity index is 488. The highest BCUT2D eigenvalue weighted by Gasteiger charge is 2.17. The van der Waals surface area contributed by atoms with E-state index in [1.807, 2.05) is 26.0 Å². The zero-order valence-electron chi connectivity index (χ0n) is 13.1. The SMILES string of the molecule is C=CCNC(=O)C(C)Oc1ccc(C)nc1CC(N)CC. The molecule has 3 N–H and O–H groups in total. The summed E-state index contributed by atoms with van der Waals surface area (Å²) in [7, 11) is 0. The van der Waals surface area contributed by atoms with Crippen molar-refractivity contribution in [3.05, 3.63) is 36.2 Å². The predicted molar refractivity (Wildman–Crippen MR) is 84.2 cm³/mol. The van der Waals surface area contributed by atoms with E-state index in [0.717, 1.165) is 17.8 Å². The number of aryl methyl sites for hydroxylation is 1. The monoisotopic (exact) mass is 291 g/mol. The number of ether oxygens (including phenoxy) is 1. The molecule has 0 aromatic carbocycles. The summed E-state index contributed by atoms with van der Waals surface area (Å²) in [5.41, 5.74) is 7.70. The van der Waals surface area contributed by atoms with Crippen LogP contribution in [0.1, 0.15) is 31.7 Å². The third kappa shape index (κ3) is 5.55. The third-order valence-electron chi connectivity index (χ3n) is 3.15. The lowest BCUT2D eigenvalue weighted by Gasteiger charge is -2.18. The van der Waals surface area contributed by atoms with Crippen LogP contribution in [0.25, 0.3) is 0 Å². The molecular formula is C16H25N3O2. The van der Waals surface area contributed by atoms with E-state index in [1.54, 1.807) is 13.0 Å². The lowest BCUT2D eigenvalue weighted by atomic mass is 10.1. The maximum atomic E-state index is 11.8. The molecule has 1 rings (SSSR count). The molecular weight excluding hydrogens is 266 g/mol. The highest BCUT2D eigenvalue weighted by atomic mass is 16.5. The number of carbonyl (C=O) groups excluding carboxylic acids is 1. The summed E-state index contributed by atoms with van der Waals surface area (Å²) in [6.07, 6.45) is 2.54. The van der Waals surface area contributed by atoms with Crippen molar-refractivity contribution in [1.29, 1.82) is 0 Å². The number of amides is 1. The zero-order chi connectivity index (χ0) is 15.8. The van der Waals surface area contributed by atoms with Crippen molar-refractivity contribution in [3.8, 4) is 5.75 Å². The van der Waals surface area contributed by atoms with Crippen LogP contribution in [0.4, 0.5) is 0 Å². The molecule has 0 aliphatic carbocycles. The van der Waals surface area contributed by atoms with Crippen molar-refractivity contribution < 1.29 is 9.53 Å². The molecule has 1 aromatic heterocycles. The van der Waals surface area contributed by atoms with Crippen LogP contribution in [-0.2, 0) is 11.2 Å². The van der Waals surface area contributed by atoms with E-state index in [4.69, 9.17) is 10.5 Å². The van der Waals surface area contributed by atoms with Gasteiger partial charge in [0.25, 0.3) is 5.91 Å². The van der Waals surface area contributed by atoms with Crippen LogP contribution in [-0.4, -0.2) is 29.6 Å². The van der Waals surface area contributed by atoms with Crippen LogP contribution in [0.5, 0.6) is 5.75 Å². The molecule has 1 aromatic rings. The second-order valence-corrected chi connectivity index (χ2v) is 5.06. The molecule has 0 aliphatic heterocycles. The van der Waals surface area contributed by atoms with Crippen molar-refractivity contribution in [2.24, 2.45) is 5.73 Å². The molecule has 1 heterocycles. The average Bonchev–Trinajstić information content (AvgIpc) is 2.47. The topological polar surface area (TPSA) is 77.2 Å².